The zero-order valence-electron chi connectivity index (χ0n) is 12.9. The Hall–Kier alpha value is -2.15. The number of nitro benzene ring substituents is 1. The van der Waals surface area contributed by atoms with Crippen LogP contribution < -0.4 is 4.74 Å². The summed E-state index contributed by atoms with van der Waals surface area (Å²) in [4.78, 5) is 24.7. The molecule has 0 atom stereocenters. The van der Waals surface area contributed by atoms with Crippen LogP contribution in [0.25, 0.3) is 0 Å². The molecule has 3 rings (SSSR count). The van der Waals surface area contributed by atoms with Gasteiger partial charge in [0.25, 0.3) is 5.91 Å². The number of carbonyl (C=O) groups is 1. The Morgan fingerprint density at radius 2 is 2.04 bits per heavy atom. The van der Waals surface area contributed by atoms with Crippen LogP contribution in [-0.4, -0.2) is 41.2 Å². The first kappa shape index (κ1) is 15.7. The number of nitrogens with zero attached hydrogens (tertiary/aromatic N) is 2. The Morgan fingerprint density at radius 3 is 2.78 bits per heavy atom. The van der Waals surface area contributed by atoms with Crippen LogP contribution in [0.4, 0.5) is 5.69 Å². The van der Waals surface area contributed by atoms with Gasteiger partial charge in [-0.15, -0.1) is 0 Å². The molecule has 0 aromatic heterocycles. The Kier molecular flexibility index (Phi) is 4.47. The molecule has 0 unspecified atom stereocenters. The lowest BCUT2D eigenvalue weighted by Crippen LogP contribution is -2.50. The van der Waals surface area contributed by atoms with Crippen LogP contribution in [0.15, 0.2) is 24.3 Å². The molecule has 1 aliphatic carbocycles. The largest absolute Gasteiger partial charge is 0.477 e. The predicted molar refractivity (Wildman–Crippen MR) is 82.1 cm³/mol. The fraction of sp³-hybridized carbons (Fsp3) is 0.562. The van der Waals surface area contributed by atoms with E-state index in [2.05, 4.69) is 0 Å². The van der Waals surface area contributed by atoms with Crippen LogP contribution >= 0.6 is 0 Å². The molecule has 1 saturated heterocycles. The van der Waals surface area contributed by atoms with E-state index in [0.29, 0.717) is 13.2 Å². The third kappa shape index (κ3) is 3.14. The lowest BCUT2D eigenvalue weighted by atomic mass is 9.90. The van der Waals surface area contributed by atoms with Gasteiger partial charge in [0.05, 0.1) is 11.5 Å². The molecule has 2 aliphatic rings. The van der Waals surface area contributed by atoms with Gasteiger partial charge in [0.1, 0.15) is 5.72 Å². The maximum Gasteiger partial charge on any atom is 0.310 e. The van der Waals surface area contributed by atoms with Crippen molar-refractivity contribution in [2.75, 3.05) is 19.8 Å². The van der Waals surface area contributed by atoms with Crippen molar-refractivity contribution in [2.24, 2.45) is 0 Å². The minimum Gasteiger partial charge on any atom is -0.477 e. The second kappa shape index (κ2) is 6.54. The highest BCUT2D eigenvalue weighted by Crippen LogP contribution is 2.38. The molecule has 7 nitrogen and oxygen atoms in total. The predicted octanol–water partition coefficient (Wildman–Crippen LogP) is 2.49. The van der Waals surface area contributed by atoms with Gasteiger partial charge in [0.2, 0.25) is 0 Å². The van der Waals surface area contributed by atoms with Gasteiger partial charge in [-0.05, 0) is 31.7 Å². The maximum absolute atomic E-state index is 12.5. The van der Waals surface area contributed by atoms with Crippen molar-refractivity contribution in [1.82, 2.24) is 4.90 Å². The number of carbonyl (C=O) groups excluding carboxylic acids is 1. The summed E-state index contributed by atoms with van der Waals surface area (Å²) in [5, 5.41) is 11.0. The zero-order chi connectivity index (χ0) is 16.3. The van der Waals surface area contributed by atoms with Gasteiger partial charge >= 0.3 is 5.69 Å². The molecule has 1 heterocycles. The first-order valence-electron chi connectivity index (χ1n) is 7.93. The molecule has 2 fully saturated rings. The van der Waals surface area contributed by atoms with Crippen molar-refractivity contribution in [3.8, 4) is 5.75 Å². The molecule has 124 valence electrons. The first-order chi connectivity index (χ1) is 11.1. The summed E-state index contributed by atoms with van der Waals surface area (Å²) in [5.74, 6) is -0.0637. The molecule has 0 N–H and O–H groups in total. The Balaban J connectivity index is 1.67. The van der Waals surface area contributed by atoms with Crippen LogP contribution in [0.2, 0.25) is 0 Å². The summed E-state index contributed by atoms with van der Waals surface area (Å²) < 4.78 is 11.3. The lowest BCUT2D eigenvalue weighted by molar-refractivity contribution is -0.385. The van der Waals surface area contributed by atoms with Gasteiger partial charge in [-0.3, -0.25) is 14.9 Å². The van der Waals surface area contributed by atoms with Crippen molar-refractivity contribution < 1.29 is 19.2 Å². The van der Waals surface area contributed by atoms with Crippen molar-refractivity contribution in [3.63, 3.8) is 0 Å². The minimum absolute atomic E-state index is 0.114. The molecule has 1 amide bonds. The lowest BCUT2D eigenvalue weighted by Gasteiger charge is -2.39. The maximum atomic E-state index is 12.5. The highest BCUT2D eigenvalue weighted by Gasteiger charge is 2.45. The van der Waals surface area contributed by atoms with Crippen LogP contribution in [0.5, 0.6) is 5.75 Å². The highest BCUT2D eigenvalue weighted by molar-refractivity contribution is 5.79. The third-order valence-corrected chi connectivity index (χ3v) is 4.53. The molecular formula is C16H20N2O5. The molecule has 1 saturated carbocycles. The average molecular weight is 320 g/mol. The normalized spacial score (nSPS) is 19.7. The topological polar surface area (TPSA) is 81.9 Å². The van der Waals surface area contributed by atoms with Gasteiger partial charge in [-0.1, -0.05) is 18.6 Å². The molecule has 23 heavy (non-hydrogen) atoms. The van der Waals surface area contributed by atoms with Gasteiger partial charge in [0.15, 0.2) is 12.4 Å². The van der Waals surface area contributed by atoms with Crippen molar-refractivity contribution in [2.45, 2.75) is 37.8 Å². The fourth-order valence-electron chi connectivity index (χ4n) is 3.43. The highest BCUT2D eigenvalue weighted by atomic mass is 16.6. The third-order valence-electron chi connectivity index (χ3n) is 4.53. The summed E-state index contributed by atoms with van der Waals surface area (Å²) in [5.41, 5.74) is -0.619. The second-order valence-electron chi connectivity index (χ2n) is 5.91. The van der Waals surface area contributed by atoms with Gasteiger partial charge in [0, 0.05) is 12.6 Å². The van der Waals surface area contributed by atoms with Crippen molar-refractivity contribution in [1.29, 1.82) is 0 Å². The van der Waals surface area contributed by atoms with E-state index in [1.165, 1.54) is 18.6 Å². The molecule has 0 radical (unpaired) electrons. The molecule has 1 aliphatic heterocycles. The Morgan fingerprint density at radius 1 is 1.30 bits per heavy atom. The molecule has 7 heteroatoms. The van der Waals surface area contributed by atoms with Gasteiger partial charge in [-0.25, -0.2) is 0 Å². The minimum atomic E-state index is -0.512. The quantitative estimate of drug-likeness (QED) is 0.629. The smallest absolute Gasteiger partial charge is 0.310 e. The van der Waals surface area contributed by atoms with E-state index in [-0.39, 0.29) is 24.0 Å². The summed E-state index contributed by atoms with van der Waals surface area (Å²) in [6.45, 7) is 0.881. The SMILES string of the molecule is O=C(COc1ccccc1[N+](=O)[O-])N1CCOC12CCCCC2. The van der Waals surface area contributed by atoms with E-state index in [0.717, 1.165) is 25.7 Å². The van der Waals surface area contributed by atoms with Crippen LogP contribution in [0.1, 0.15) is 32.1 Å². The van der Waals surface area contributed by atoms with Gasteiger partial charge < -0.3 is 14.4 Å². The first-order valence-corrected chi connectivity index (χ1v) is 7.93. The molecule has 0 bridgehead atoms. The number of amides is 1. The molecule has 1 aromatic carbocycles. The number of rotatable bonds is 4. The van der Waals surface area contributed by atoms with E-state index >= 15 is 0 Å². The molecule has 1 spiro atoms. The monoisotopic (exact) mass is 320 g/mol. The molecular weight excluding hydrogens is 300 g/mol. The van der Waals surface area contributed by atoms with E-state index < -0.39 is 10.6 Å². The number of hydrogen-bond acceptors (Lipinski definition) is 5. The van der Waals surface area contributed by atoms with Crippen LogP contribution in [-0.2, 0) is 9.53 Å². The van der Waals surface area contributed by atoms with Crippen molar-refractivity contribution in [3.05, 3.63) is 34.4 Å². The van der Waals surface area contributed by atoms with E-state index in [1.54, 1.807) is 17.0 Å². The second-order valence-corrected chi connectivity index (χ2v) is 5.91. The summed E-state index contributed by atoms with van der Waals surface area (Å²) in [6, 6.07) is 6.08. The van der Waals surface area contributed by atoms with Gasteiger partial charge in [-0.2, -0.15) is 0 Å². The van der Waals surface area contributed by atoms with E-state index in [4.69, 9.17) is 9.47 Å². The average Bonchev–Trinajstić information content (AvgIpc) is 2.96. The van der Waals surface area contributed by atoms with Crippen LogP contribution in [0.3, 0.4) is 0 Å². The van der Waals surface area contributed by atoms with Crippen LogP contribution in [0, 0.1) is 10.1 Å². The number of nitro groups is 1. The fourth-order valence-corrected chi connectivity index (χ4v) is 3.43. The summed E-state index contributed by atoms with van der Waals surface area (Å²) in [6.07, 6.45) is 4.97. The molecule has 1 aromatic rings. The number of ether oxygens (including phenoxy) is 2. The number of benzene rings is 1. The summed E-state index contributed by atoms with van der Waals surface area (Å²) in [7, 11) is 0. The number of hydrogen-bond donors (Lipinski definition) is 0. The summed E-state index contributed by atoms with van der Waals surface area (Å²) >= 11 is 0. The van der Waals surface area contributed by atoms with E-state index in [1.807, 2.05) is 0 Å². The van der Waals surface area contributed by atoms with E-state index in [9.17, 15) is 14.9 Å². The number of para-hydroxylation sites is 2. The van der Waals surface area contributed by atoms with Crippen molar-refractivity contribution >= 4 is 11.6 Å². The Labute approximate surface area is 134 Å². The zero-order valence-corrected chi connectivity index (χ0v) is 12.9. The Bertz CT molecular complexity index is 598. The standard InChI is InChI=1S/C16H20N2O5/c19-15(12-22-14-7-3-2-6-13(14)18(20)21)17-10-11-23-16(17)8-4-1-5-9-16/h2-3,6-7H,1,4-5,8-12H2.